The number of halogens is 1. The van der Waals surface area contributed by atoms with Crippen molar-refractivity contribution in [2.45, 2.75) is 19.4 Å². The molecule has 0 aromatic carbocycles. The fourth-order valence-electron chi connectivity index (χ4n) is 0.675. The molecule has 0 fully saturated rings. The summed E-state index contributed by atoms with van der Waals surface area (Å²) < 4.78 is 6.17. The molecule has 0 spiro atoms. The predicted octanol–water partition coefficient (Wildman–Crippen LogP) is 2.59. The van der Waals surface area contributed by atoms with Gasteiger partial charge in [-0.05, 0) is 41.9 Å². The second kappa shape index (κ2) is 2.18. The van der Waals surface area contributed by atoms with Gasteiger partial charge >= 0.3 is 0 Å². The van der Waals surface area contributed by atoms with E-state index in [1.165, 1.54) is 0 Å². The first-order chi connectivity index (χ1) is 4.10. The van der Waals surface area contributed by atoms with E-state index in [1.807, 2.05) is 32.1 Å². The largest absolute Gasteiger partial charge is 0.477 e. The lowest BCUT2D eigenvalue weighted by atomic mass is 10.1. The monoisotopic (exact) mass is 188 g/mol. The molecule has 1 heterocycles. The second-order valence-corrected chi connectivity index (χ2v) is 3.32. The summed E-state index contributed by atoms with van der Waals surface area (Å²) >= 11 is 3.25. The Hall–Kier alpha value is -0.240. The van der Waals surface area contributed by atoms with E-state index in [-0.39, 0.29) is 5.60 Å². The first kappa shape index (κ1) is 6.87. The highest BCUT2D eigenvalue weighted by Crippen LogP contribution is 2.23. The normalized spacial score (nSPS) is 22.8. The van der Waals surface area contributed by atoms with Gasteiger partial charge in [0.1, 0.15) is 5.60 Å². The van der Waals surface area contributed by atoms with Crippen LogP contribution in [-0.4, -0.2) is 5.60 Å². The van der Waals surface area contributed by atoms with Gasteiger partial charge in [0.15, 0.2) is 4.67 Å². The maximum Gasteiger partial charge on any atom is 0.163 e. The number of rotatable bonds is 0. The maximum atomic E-state index is 5.36. The van der Waals surface area contributed by atoms with Crippen molar-refractivity contribution in [1.29, 1.82) is 0 Å². The molecule has 1 aliphatic heterocycles. The molecular weight excluding hydrogens is 180 g/mol. The van der Waals surface area contributed by atoms with Crippen molar-refractivity contribution in [3.8, 4) is 0 Å². The minimum atomic E-state index is -0.145. The molecule has 0 saturated heterocycles. The van der Waals surface area contributed by atoms with Gasteiger partial charge in [-0.1, -0.05) is 6.08 Å². The zero-order valence-electron chi connectivity index (χ0n) is 5.52. The minimum Gasteiger partial charge on any atom is -0.477 e. The summed E-state index contributed by atoms with van der Waals surface area (Å²) in [5.41, 5.74) is -0.145. The van der Waals surface area contributed by atoms with Gasteiger partial charge in [-0.2, -0.15) is 0 Å². The van der Waals surface area contributed by atoms with E-state index in [4.69, 9.17) is 4.74 Å². The fraction of sp³-hybridized carbons (Fsp3) is 0.429. The Bertz CT molecular complexity index is 168. The highest BCUT2D eigenvalue weighted by atomic mass is 79.9. The van der Waals surface area contributed by atoms with Crippen molar-refractivity contribution in [2.24, 2.45) is 0 Å². The molecule has 0 N–H and O–H groups in total. The third-order valence-electron chi connectivity index (χ3n) is 1.09. The highest BCUT2D eigenvalue weighted by molar-refractivity contribution is 9.11. The molecule has 1 rings (SSSR count). The molecule has 0 radical (unpaired) electrons. The number of ether oxygens (including phenoxy) is 1. The average molecular weight is 189 g/mol. The molecule has 0 aromatic heterocycles. The molecular formula is C7H9BrO. The van der Waals surface area contributed by atoms with Gasteiger partial charge in [0, 0.05) is 0 Å². The van der Waals surface area contributed by atoms with Gasteiger partial charge in [-0.25, -0.2) is 0 Å². The van der Waals surface area contributed by atoms with E-state index in [0.717, 1.165) is 4.67 Å². The summed E-state index contributed by atoms with van der Waals surface area (Å²) in [4.78, 5) is 0. The topological polar surface area (TPSA) is 9.23 Å². The average Bonchev–Trinajstić information content (AvgIpc) is 1.60. The minimum absolute atomic E-state index is 0.145. The van der Waals surface area contributed by atoms with Gasteiger partial charge in [0.25, 0.3) is 0 Å². The molecule has 0 amide bonds. The standard InChI is InChI=1S/C7H9BrO/c1-7(2)5-3-4-6(8)9-7/h3-5H,1-2H3. The van der Waals surface area contributed by atoms with Crippen LogP contribution in [0.4, 0.5) is 0 Å². The zero-order chi connectivity index (χ0) is 6.91. The summed E-state index contributed by atoms with van der Waals surface area (Å²) in [6.45, 7) is 4.02. The van der Waals surface area contributed by atoms with Gasteiger partial charge in [-0.3, -0.25) is 0 Å². The van der Waals surface area contributed by atoms with Gasteiger partial charge in [-0.15, -0.1) is 0 Å². The quantitative estimate of drug-likeness (QED) is 0.569. The van der Waals surface area contributed by atoms with Crippen LogP contribution in [0.15, 0.2) is 22.9 Å². The van der Waals surface area contributed by atoms with Crippen molar-refractivity contribution in [1.82, 2.24) is 0 Å². The SMILES string of the molecule is CC1(C)C=CC=C(Br)O1. The summed E-state index contributed by atoms with van der Waals surface area (Å²) in [5.74, 6) is 0. The van der Waals surface area contributed by atoms with Gasteiger partial charge in [0.05, 0.1) is 0 Å². The molecule has 0 aliphatic carbocycles. The smallest absolute Gasteiger partial charge is 0.163 e. The first-order valence-corrected chi connectivity index (χ1v) is 3.63. The molecule has 1 nitrogen and oxygen atoms in total. The van der Waals surface area contributed by atoms with Crippen LogP contribution in [0.1, 0.15) is 13.8 Å². The molecule has 1 aliphatic rings. The van der Waals surface area contributed by atoms with E-state index in [1.54, 1.807) is 0 Å². The number of hydrogen-bond acceptors (Lipinski definition) is 1. The lowest BCUT2D eigenvalue weighted by Gasteiger charge is -2.24. The summed E-state index contributed by atoms with van der Waals surface area (Å²) in [7, 11) is 0. The summed E-state index contributed by atoms with van der Waals surface area (Å²) in [5, 5.41) is 0. The van der Waals surface area contributed by atoms with E-state index in [0.29, 0.717) is 0 Å². The molecule has 2 heteroatoms. The van der Waals surface area contributed by atoms with Crippen molar-refractivity contribution in [3.63, 3.8) is 0 Å². The Morgan fingerprint density at radius 2 is 2.22 bits per heavy atom. The van der Waals surface area contributed by atoms with E-state index in [2.05, 4.69) is 15.9 Å². The summed E-state index contributed by atoms with van der Waals surface area (Å²) in [6, 6.07) is 0. The van der Waals surface area contributed by atoms with Crippen LogP contribution >= 0.6 is 15.9 Å². The van der Waals surface area contributed by atoms with Crippen molar-refractivity contribution in [2.75, 3.05) is 0 Å². The number of allylic oxidation sites excluding steroid dienone is 2. The third-order valence-corrected chi connectivity index (χ3v) is 1.51. The van der Waals surface area contributed by atoms with Crippen LogP contribution in [0.2, 0.25) is 0 Å². The van der Waals surface area contributed by atoms with E-state index < -0.39 is 0 Å². The Morgan fingerprint density at radius 1 is 1.56 bits per heavy atom. The van der Waals surface area contributed by atoms with Crippen molar-refractivity contribution < 1.29 is 4.74 Å². The Balaban J connectivity index is 2.73. The predicted molar refractivity (Wildman–Crippen MR) is 41.3 cm³/mol. The van der Waals surface area contributed by atoms with Crippen molar-refractivity contribution >= 4 is 15.9 Å². The Kier molecular flexibility index (Phi) is 1.66. The Labute approximate surface area is 63.5 Å². The maximum absolute atomic E-state index is 5.36. The third kappa shape index (κ3) is 1.86. The lowest BCUT2D eigenvalue weighted by molar-refractivity contribution is 0.0953. The van der Waals surface area contributed by atoms with Gasteiger partial charge < -0.3 is 4.74 Å². The number of hydrogen-bond donors (Lipinski definition) is 0. The molecule has 9 heavy (non-hydrogen) atoms. The fourth-order valence-corrected chi connectivity index (χ4v) is 1.24. The van der Waals surface area contributed by atoms with Crippen LogP contribution in [0.5, 0.6) is 0 Å². The second-order valence-electron chi connectivity index (χ2n) is 2.54. The van der Waals surface area contributed by atoms with Crippen LogP contribution in [0.25, 0.3) is 0 Å². The summed E-state index contributed by atoms with van der Waals surface area (Å²) in [6.07, 6.45) is 5.87. The lowest BCUT2D eigenvalue weighted by Crippen LogP contribution is -2.20. The molecule has 0 aromatic rings. The van der Waals surface area contributed by atoms with E-state index in [9.17, 15) is 0 Å². The van der Waals surface area contributed by atoms with Gasteiger partial charge in [0.2, 0.25) is 0 Å². The van der Waals surface area contributed by atoms with E-state index >= 15 is 0 Å². The van der Waals surface area contributed by atoms with Crippen LogP contribution in [0.3, 0.4) is 0 Å². The molecule has 0 atom stereocenters. The highest BCUT2D eigenvalue weighted by Gasteiger charge is 2.17. The molecule has 0 saturated carbocycles. The van der Waals surface area contributed by atoms with Crippen LogP contribution in [0, 0.1) is 0 Å². The Morgan fingerprint density at radius 3 is 2.56 bits per heavy atom. The van der Waals surface area contributed by atoms with Crippen LogP contribution < -0.4 is 0 Å². The van der Waals surface area contributed by atoms with Crippen molar-refractivity contribution in [3.05, 3.63) is 22.9 Å². The molecule has 50 valence electrons. The molecule has 0 unspecified atom stereocenters. The van der Waals surface area contributed by atoms with Crippen LogP contribution in [-0.2, 0) is 4.74 Å². The first-order valence-electron chi connectivity index (χ1n) is 2.84. The zero-order valence-corrected chi connectivity index (χ0v) is 7.10. The molecule has 0 bridgehead atoms.